The fourth-order valence-electron chi connectivity index (χ4n) is 8.08. The second-order valence-electron chi connectivity index (χ2n) is 16.4. The molecule has 6 rings (SSSR count). The number of carbonyl (C=O) groups is 1. The lowest BCUT2D eigenvalue weighted by molar-refractivity contribution is -0.106. The van der Waals surface area contributed by atoms with Crippen molar-refractivity contribution in [1.29, 1.82) is 0 Å². The number of benzene rings is 5. The monoisotopic (exact) mass is 796 g/mol. The van der Waals surface area contributed by atoms with Crippen LogP contribution < -0.4 is 25.6 Å². The number of thioether (sulfide) groups is 1. The van der Waals surface area contributed by atoms with E-state index < -0.39 is 21.9 Å². The second-order valence-corrected chi connectivity index (χ2v) is 26.3. The van der Waals surface area contributed by atoms with Crippen LogP contribution in [-0.2, 0) is 13.6 Å². The van der Waals surface area contributed by atoms with E-state index in [4.69, 9.17) is 10.2 Å². The molecule has 5 aromatic carbocycles. The summed E-state index contributed by atoms with van der Waals surface area (Å²) in [5, 5.41) is 3.58. The lowest BCUT2D eigenvalue weighted by Crippen LogP contribution is -2.67. The van der Waals surface area contributed by atoms with Crippen molar-refractivity contribution in [1.82, 2.24) is 0 Å². The van der Waals surface area contributed by atoms with Crippen molar-refractivity contribution >= 4 is 67.2 Å². The molecule has 0 fully saturated rings. The Labute approximate surface area is 343 Å². The van der Waals surface area contributed by atoms with Gasteiger partial charge in [0.25, 0.3) is 16.6 Å². The standard InChI is InChI=1S/C49H57NO3SSi2/c1-48(2,3)55(44-19-11-7-12-20-44,45-21-13-8-14-22-45)52-37-35-50(41-30-27-40(28-31-41)29-32-42-33-34-43(39-51)54-42)36-38-53-56(49(4,5)6,46-23-15-9-16-24-46)47-25-17-10-18-26-47/h7-34,39,42-43H,35-38H2,1-6H3/i42D. The average Bonchev–Trinajstić information content (AvgIpc) is 3.61. The van der Waals surface area contributed by atoms with Gasteiger partial charge in [0.1, 0.15) is 6.29 Å². The molecule has 0 saturated carbocycles. The van der Waals surface area contributed by atoms with Crippen LogP contribution in [0.25, 0.3) is 6.08 Å². The van der Waals surface area contributed by atoms with Crippen LogP contribution in [0.5, 0.6) is 0 Å². The Balaban J connectivity index is 1.32. The molecule has 1 heterocycles. The number of nitrogens with zero attached hydrogens (tertiary/aromatic N) is 1. The molecule has 0 amide bonds. The van der Waals surface area contributed by atoms with Crippen molar-refractivity contribution in [2.24, 2.45) is 0 Å². The maximum absolute atomic E-state index is 11.3. The lowest BCUT2D eigenvalue weighted by Gasteiger charge is -2.44. The van der Waals surface area contributed by atoms with Crippen molar-refractivity contribution in [3.05, 3.63) is 169 Å². The molecule has 290 valence electrons. The zero-order valence-electron chi connectivity index (χ0n) is 34.7. The van der Waals surface area contributed by atoms with Gasteiger partial charge in [-0.05, 0) is 48.5 Å². The van der Waals surface area contributed by atoms with Crippen LogP contribution in [0.2, 0.25) is 10.1 Å². The van der Waals surface area contributed by atoms with E-state index in [0.717, 1.165) is 17.5 Å². The van der Waals surface area contributed by atoms with E-state index in [1.165, 1.54) is 32.5 Å². The molecule has 5 aromatic rings. The molecule has 0 aromatic heterocycles. The topological polar surface area (TPSA) is 38.8 Å². The first kappa shape index (κ1) is 40.0. The first-order valence-corrected chi connectivity index (χ1v) is 24.4. The van der Waals surface area contributed by atoms with Crippen molar-refractivity contribution in [2.75, 3.05) is 31.2 Å². The molecule has 4 nitrogen and oxygen atoms in total. The molecule has 0 bridgehead atoms. The van der Waals surface area contributed by atoms with Crippen LogP contribution >= 0.6 is 11.8 Å². The molecule has 2 unspecified atom stereocenters. The van der Waals surface area contributed by atoms with E-state index in [9.17, 15) is 4.79 Å². The van der Waals surface area contributed by atoms with Gasteiger partial charge in [0.15, 0.2) is 0 Å². The van der Waals surface area contributed by atoms with Crippen LogP contribution in [0.3, 0.4) is 0 Å². The van der Waals surface area contributed by atoms with Crippen molar-refractivity contribution < 1.29 is 15.0 Å². The van der Waals surface area contributed by atoms with Gasteiger partial charge in [0, 0.05) is 24.0 Å². The van der Waals surface area contributed by atoms with Crippen LogP contribution in [0.1, 0.15) is 48.5 Å². The Morgan fingerprint density at radius 3 is 1.34 bits per heavy atom. The molecule has 7 heteroatoms. The molecule has 2 atom stereocenters. The molecule has 0 spiro atoms. The minimum Gasteiger partial charge on any atom is -0.406 e. The fraction of sp³-hybridized carbons (Fsp3) is 0.286. The summed E-state index contributed by atoms with van der Waals surface area (Å²) in [5.41, 5.74) is 2.09. The van der Waals surface area contributed by atoms with Crippen molar-refractivity contribution in [3.63, 3.8) is 0 Å². The summed E-state index contributed by atoms with van der Waals surface area (Å²) < 4.78 is 23.6. The summed E-state index contributed by atoms with van der Waals surface area (Å²) in [7, 11) is -5.49. The van der Waals surface area contributed by atoms with E-state index in [1.54, 1.807) is 12.2 Å². The minimum absolute atomic E-state index is 0.130. The zero-order valence-corrected chi connectivity index (χ0v) is 36.5. The molecule has 0 N–H and O–H groups in total. The number of rotatable bonds is 16. The maximum atomic E-state index is 11.3. The third-order valence-corrected chi connectivity index (χ3v) is 21.9. The molecule has 1 aliphatic heterocycles. The molecule has 56 heavy (non-hydrogen) atoms. The third-order valence-electron chi connectivity index (χ3n) is 10.7. The van der Waals surface area contributed by atoms with E-state index in [1.807, 2.05) is 12.2 Å². The largest absolute Gasteiger partial charge is 0.406 e. The van der Waals surface area contributed by atoms with Gasteiger partial charge in [-0.1, -0.05) is 199 Å². The highest BCUT2D eigenvalue weighted by Gasteiger charge is 2.51. The van der Waals surface area contributed by atoms with Gasteiger partial charge in [-0.3, -0.25) is 0 Å². The number of aldehydes is 1. The van der Waals surface area contributed by atoms with E-state index in [0.29, 0.717) is 26.3 Å². The van der Waals surface area contributed by atoms with Crippen molar-refractivity contribution in [2.45, 2.75) is 62.1 Å². The van der Waals surface area contributed by atoms with Gasteiger partial charge in [0.05, 0.1) is 19.8 Å². The SMILES string of the molecule is [2H]C1(C=Cc2ccc(N(CCO[Si](c3ccccc3)(c3ccccc3)C(C)(C)C)CCO[Si](c3ccccc3)(c3ccccc3)C(C)(C)C)cc2)C=CC(C=O)S1. The zero-order chi connectivity index (χ0) is 40.6. The van der Waals surface area contributed by atoms with Gasteiger partial charge in [-0.25, -0.2) is 0 Å². The predicted octanol–water partition coefficient (Wildman–Crippen LogP) is 8.90. The van der Waals surface area contributed by atoms with Gasteiger partial charge in [-0.2, -0.15) is 0 Å². The quantitative estimate of drug-likeness (QED) is 0.0567. The number of carbonyl (C=O) groups excluding carboxylic acids is 1. The first-order chi connectivity index (χ1) is 27.3. The van der Waals surface area contributed by atoms with Gasteiger partial charge < -0.3 is 18.5 Å². The highest BCUT2D eigenvalue weighted by atomic mass is 32.2. The number of hydrogen-bond donors (Lipinski definition) is 0. The van der Waals surface area contributed by atoms with Crippen LogP contribution in [0, 0.1) is 0 Å². The van der Waals surface area contributed by atoms with E-state index in [-0.39, 0.29) is 15.3 Å². The van der Waals surface area contributed by atoms with Crippen LogP contribution in [-0.4, -0.2) is 59.7 Å². The fourth-order valence-corrected chi connectivity index (χ4v) is 18.0. The molecular weight excluding hydrogens is 739 g/mol. The third kappa shape index (κ3) is 9.14. The molecule has 1 aliphatic rings. The maximum Gasteiger partial charge on any atom is 0.261 e. The minimum atomic E-state index is -2.75. The first-order valence-electron chi connectivity index (χ1n) is 20.2. The Bertz CT molecular complexity index is 1900. The lowest BCUT2D eigenvalue weighted by atomic mass is 10.1. The Kier molecular flexibility index (Phi) is 13.1. The normalized spacial score (nSPS) is 17.9. The van der Waals surface area contributed by atoms with Gasteiger partial charge in [-0.15, -0.1) is 11.8 Å². The second kappa shape index (κ2) is 18.3. The Morgan fingerprint density at radius 1 is 0.607 bits per heavy atom. The summed E-state index contributed by atoms with van der Waals surface area (Å²) >= 11 is 1.33. The van der Waals surface area contributed by atoms with E-state index >= 15 is 0 Å². The van der Waals surface area contributed by atoms with Gasteiger partial charge >= 0.3 is 0 Å². The van der Waals surface area contributed by atoms with Crippen LogP contribution in [0.15, 0.2) is 164 Å². The molecule has 0 saturated heterocycles. The summed E-state index contributed by atoms with van der Waals surface area (Å²) in [4.78, 5) is 13.7. The summed E-state index contributed by atoms with van der Waals surface area (Å²) in [6, 6.07) is 51.8. The Hall–Kier alpha value is -4.25. The summed E-state index contributed by atoms with van der Waals surface area (Å²) in [6.07, 6.45) is 8.33. The number of anilines is 1. The summed E-state index contributed by atoms with van der Waals surface area (Å²) in [6.45, 7) is 16.3. The predicted molar refractivity (Wildman–Crippen MR) is 245 cm³/mol. The summed E-state index contributed by atoms with van der Waals surface area (Å²) in [5.74, 6) is 0. The highest BCUT2D eigenvalue weighted by Crippen LogP contribution is 2.38. The average molecular weight is 797 g/mol. The van der Waals surface area contributed by atoms with Crippen molar-refractivity contribution in [3.8, 4) is 0 Å². The van der Waals surface area contributed by atoms with Gasteiger partial charge in [0.2, 0.25) is 0 Å². The smallest absolute Gasteiger partial charge is 0.261 e. The number of hydrogen-bond acceptors (Lipinski definition) is 5. The van der Waals surface area contributed by atoms with E-state index in [2.05, 4.69) is 192 Å². The molecular formula is C49H57NO3SSi2. The molecule has 0 radical (unpaired) electrons. The van der Waals surface area contributed by atoms with Crippen LogP contribution in [0.4, 0.5) is 5.69 Å². The highest BCUT2D eigenvalue weighted by molar-refractivity contribution is 8.01. The Morgan fingerprint density at radius 2 is 1.00 bits per heavy atom. The molecule has 0 aliphatic carbocycles.